The molecule has 0 aliphatic carbocycles. The van der Waals surface area contributed by atoms with Crippen LogP contribution in [0.2, 0.25) is 0 Å². The van der Waals surface area contributed by atoms with Crippen molar-refractivity contribution in [2.24, 2.45) is 0 Å². The van der Waals surface area contributed by atoms with E-state index in [9.17, 15) is 9.90 Å². The van der Waals surface area contributed by atoms with E-state index in [1.54, 1.807) is 0 Å². The van der Waals surface area contributed by atoms with Crippen LogP contribution in [0.4, 0.5) is 0 Å². The summed E-state index contributed by atoms with van der Waals surface area (Å²) in [5.41, 5.74) is 0.670. The summed E-state index contributed by atoms with van der Waals surface area (Å²) in [6, 6.07) is 11.5. The minimum Gasteiger partial charge on any atom is -0.544 e. The summed E-state index contributed by atoms with van der Waals surface area (Å²) in [5, 5.41) is 21.5. The minimum absolute atomic E-state index is 0.0359. The van der Waals surface area contributed by atoms with Crippen LogP contribution in [0.3, 0.4) is 0 Å². The van der Waals surface area contributed by atoms with E-state index >= 15 is 0 Å². The van der Waals surface area contributed by atoms with Gasteiger partial charge in [-0.1, -0.05) is 37.3 Å². The van der Waals surface area contributed by atoms with Crippen LogP contribution >= 0.6 is 11.8 Å². The summed E-state index contributed by atoms with van der Waals surface area (Å²) in [7, 11) is 0. The van der Waals surface area contributed by atoms with Crippen molar-refractivity contribution in [3.63, 3.8) is 0 Å². The van der Waals surface area contributed by atoms with Gasteiger partial charge in [0.1, 0.15) is 5.75 Å². The molecule has 0 N–H and O–H groups in total. The fraction of sp³-hybridized carbons (Fsp3) is 0.250. The topological polar surface area (TPSA) is 88.3 Å². The van der Waals surface area contributed by atoms with Crippen molar-refractivity contribution in [2.75, 3.05) is 0 Å². The number of aliphatic carboxylic acids is 1. The van der Waals surface area contributed by atoms with Crippen molar-refractivity contribution in [3.8, 4) is 5.75 Å². The predicted octanol–water partition coefficient (Wildman–Crippen LogP) is 3.46. The fourth-order valence-electron chi connectivity index (χ4n) is 2.56. The van der Waals surface area contributed by atoms with Crippen LogP contribution in [0.5, 0.6) is 5.75 Å². The van der Waals surface area contributed by atoms with Crippen molar-refractivity contribution in [2.45, 2.75) is 38.5 Å². The minimum atomic E-state index is -1.32. The highest BCUT2D eigenvalue weighted by molar-refractivity contribution is 8.03. The Morgan fingerprint density at radius 3 is 2.70 bits per heavy atom. The van der Waals surface area contributed by atoms with E-state index in [-0.39, 0.29) is 16.2 Å². The van der Waals surface area contributed by atoms with Gasteiger partial charge in [-0.3, -0.25) is 0 Å². The lowest BCUT2D eigenvalue weighted by Gasteiger charge is -2.16. The summed E-state index contributed by atoms with van der Waals surface area (Å²) in [6.45, 7) is 5.72. The molecule has 3 aromatic rings. The van der Waals surface area contributed by atoms with Gasteiger partial charge < -0.3 is 19.1 Å². The van der Waals surface area contributed by atoms with Gasteiger partial charge in [0.25, 0.3) is 5.22 Å². The summed E-state index contributed by atoms with van der Waals surface area (Å²) < 4.78 is 11.3. The van der Waals surface area contributed by atoms with Crippen molar-refractivity contribution < 1.29 is 19.1 Å². The van der Waals surface area contributed by atoms with Crippen LogP contribution in [0, 0.1) is 0 Å². The molecule has 0 saturated heterocycles. The average molecular weight is 383 g/mol. The number of thioether (sulfide) groups is 1. The summed E-state index contributed by atoms with van der Waals surface area (Å²) >= 11 is 0.867. The molecule has 0 aliphatic heterocycles. The Balaban J connectivity index is 2.10. The number of rotatable bonds is 7. The van der Waals surface area contributed by atoms with Crippen LogP contribution in [-0.2, 0) is 11.2 Å². The molecule has 27 heavy (non-hydrogen) atoms. The molecule has 7 heteroatoms. The van der Waals surface area contributed by atoms with Gasteiger partial charge in [-0.05, 0) is 48.5 Å². The third kappa shape index (κ3) is 4.49. The molecule has 2 aromatic carbocycles. The molecule has 0 bridgehead atoms. The van der Waals surface area contributed by atoms with E-state index in [0.29, 0.717) is 23.6 Å². The maximum absolute atomic E-state index is 11.7. The first-order valence-corrected chi connectivity index (χ1v) is 9.41. The number of nitrogens with zero attached hydrogens (tertiary/aromatic N) is 2. The lowest BCUT2D eigenvalue weighted by molar-refractivity contribution is -0.298. The molecule has 1 heterocycles. The lowest BCUT2D eigenvalue weighted by atomic mass is 10.0. The van der Waals surface area contributed by atoms with E-state index in [1.165, 1.54) is 6.08 Å². The smallest absolute Gasteiger partial charge is 0.281 e. The molecule has 3 rings (SSSR count). The number of benzene rings is 2. The third-order valence-corrected chi connectivity index (χ3v) is 4.56. The molecule has 0 saturated carbocycles. The highest BCUT2D eigenvalue weighted by atomic mass is 32.2. The van der Waals surface area contributed by atoms with Crippen LogP contribution in [-0.4, -0.2) is 22.3 Å². The molecule has 0 aliphatic rings. The number of hydrogen-bond acceptors (Lipinski definition) is 7. The first kappa shape index (κ1) is 19.0. The number of carbonyl (C=O) groups is 1. The Morgan fingerprint density at radius 2 is 2.04 bits per heavy atom. The average Bonchev–Trinajstić information content (AvgIpc) is 3.10. The van der Waals surface area contributed by atoms with Crippen molar-refractivity contribution in [3.05, 3.63) is 52.8 Å². The Hall–Kier alpha value is -2.80. The zero-order valence-corrected chi connectivity index (χ0v) is 16.1. The molecule has 6 nitrogen and oxygen atoms in total. The number of aromatic nitrogens is 2. The fourth-order valence-corrected chi connectivity index (χ4v) is 3.23. The maximum atomic E-state index is 11.7. The van der Waals surface area contributed by atoms with E-state index in [0.717, 1.165) is 22.5 Å². The highest BCUT2D eigenvalue weighted by Gasteiger charge is 2.14. The van der Waals surface area contributed by atoms with E-state index in [4.69, 9.17) is 9.15 Å². The van der Waals surface area contributed by atoms with Gasteiger partial charge in [0.05, 0.1) is 12.1 Å². The van der Waals surface area contributed by atoms with E-state index < -0.39 is 5.97 Å². The SMILES string of the molecule is CCc1nnc(S/C(=C\c2c(OC(C)C)ccc3ccccc23)C(=O)[O-])o1. The molecule has 0 radical (unpaired) electrons. The number of hydrogen-bond donors (Lipinski definition) is 0. The molecular formula is C20H19N2O4S-. The molecule has 0 unspecified atom stereocenters. The largest absolute Gasteiger partial charge is 0.544 e. The van der Waals surface area contributed by atoms with Crippen molar-refractivity contribution in [1.82, 2.24) is 10.2 Å². The normalized spacial score (nSPS) is 11.9. The molecule has 140 valence electrons. The summed E-state index contributed by atoms with van der Waals surface area (Å²) in [6.07, 6.45) is 2.06. The van der Waals surface area contributed by atoms with Crippen LogP contribution < -0.4 is 9.84 Å². The Kier molecular flexibility index (Phi) is 5.81. The Bertz CT molecular complexity index is 995. The number of carbonyl (C=O) groups excluding carboxylic acids is 1. The third-order valence-electron chi connectivity index (χ3n) is 3.72. The molecule has 0 atom stereocenters. The standard InChI is InChI=1S/C20H20N2O4S/c1-4-18-21-22-20(26-18)27-17(19(23)24)11-15-14-8-6-5-7-13(14)9-10-16(15)25-12(2)3/h5-12H,4H2,1-3H3,(H,23,24)/p-1/b17-11-. The quantitative estimate of drug-likeness (QED) is 0.456. The van der Waals surface area contributed by atoms with Gasteiger partial charge in [-0.25, -0.2) is 0 Å². The first-order chi connectivity index (χ1) is 13.0. The van der Waals surface area contributed by atoms with Gasteiger partial charge in [0.15, 0.2) is 0 Å². The molecule has 0 spiro atoms. The van der Waals surface area contributed by atoms with Gasteiger partial charge in [0.2, 0.25) is 5.89 Å². The van der Waals surface area contributed by atoms with Gasteiger partial charge >= 0.3 is 0 Å². The zero-order valence-electron chi connectivity index (χ0n) is 15.3. The molecular weight excluding hydrogens is 364 g/mol. The number of aryl methyl sites for hydroxylation is 1. The second-order valence-electron chi connectivity index (χ2n) is 6.08. The van der Waals surface area contributed by atoms with Gasteiger partial charge in [-0.2, -0.15) is 0 Å². The summed E-state index contributed by atoms with van der Waals surface area (Å²) in [4.78, 5) is 11.7. The van der Waals surface area contributed by atoms with Crippen molar-refractivity contribution in [1.29, 1.82) is 0 Å². The van der Waals surface area contributed by atoms with Crippen LogP contribution in [0.25, 0.3) is 16.8 Å². The Morgan fingerprint density at radius 1 is 1.26 bits per heavy atom. The lowest BCUT2D eigenvalue weighted by Crippen LogP contribution is -2.23. The van der Waals surface area contributed by atoms with Crippen LogP contribution in [0.1, 0.15) is 32.2 Å². The molecule has 0 fully saturated rings. The predicted molar refractivity (Wildman–Crippen MR) is 102 cm³/mol. The summed E-state index contributed by atoms with van der Waals surface area (Å²) in [5.74, 6) is -0.272. The Labute approximate surface area is 161 Å². The first-order valence-electron chi connectivity index (χ1n) is 8.59. The van der Waals surface area contributed by atoms with Gasteiger partial charge in [0, 0.05) is 16.9 Å². The maximum Gasteiger partial charge on any atom is 0.281 e. The molecule has 1 aromatic heterocycles. The van der Waals surface area contributed by atoms with Gasteiger partial charge in [-0.15, -0.1) is 10.2 Å². The van der Waals surface area contributed by atoms with Crippen LogP contribution in [0.15, 0.2) is 50.9 Å². The number of ether oxygens (including phenoxy) is 1. The monoisotopic (exact) mass is 383 g/mol. The van der Waals surface area contributed by atoms with E-state index in [1.807, 2.05) is 57.2 Å². The number of carboxylic acid groups (broad SMARTS) is 1. The second kappa shape index (κ2) is 8.26. The van der Waals surface area contributed by atoms with E-state index in [2.05, 4.69) is 10.2 Å². The zero-order chi connectivity index (χ0) is 19.4. The molecule has 0 amide bonds. The second-order valence-corrected chi connectivity index (χ2v) is 7.07. The highest BCUT2D eigenvalue weighted by Crippen LogP contribution is 2.34. The number of carboxylic acids is 1. The van der Waals surface area contributed by atoms with Crippen molar-refractivity contribution >= 4 is 34.6 Å². The number of fused-ring (bicyclic) bond motifs is 1.